The summed E-state index contributed by atoms with van der Waals surface area (Å²) in [5.74, 6) is -0.904. The van der Waals surface area contributed by atoms with Crippen LogP contribution in [0, 0.1) is 12.8 Å². The zero-order valence-electron chi connectivity index (χ0n) is 10.9. The number of carboxylic acid groups (broad SMARTS) is 1. The Morgan fingerprint density at radius 3 is 2.74 bits per heavy atom. The third-order valence-electron chi connectivity index (χ3n) is 3.42. The van der Waals surface area contributed by atoms with Crippen molar-refractivity contribution in [3.63, 3.8) is 0 Å². The van der Waals surface area contributed by atoms with Crippen LogP contribution in [0.3, 0.4) is 0 Å². The first-order valence-electron chi connectivity index (χ1n) is 6.16. The molecule has 7 heteroatoms. The molecule has 2 rings (SSSR count). The Kier molecular flexibility index (Phi) is 3.75. The van der Waals surface area contributed by atoms with Gasteiger partial charge in [0.1, 0.15) is 10.9 Å². The van der Waals surface area contributed by atoms with Gasteiger partial charge in [-0.3, -0.25) is 4.79 Å². The predicted octanol–water partition coefficient (Wildman–Crippen LogP) is 1.36. The summed E-state index contributed by atoms with van der Waals surface area (Å²) in [5, 5.41) is 9.60. The molecule has 0 aliphatic carbocycles. The van der Waals surface area contributed by atoms with Gasteiger partial charge in [-0.05, 0) is 25.7 Å². The lowest BCUT2D eigenvalue weighted by Crippen LogP contribution is -2.49. The summed E-state index contributed by atoms with van der Waals surface area (Å²) in [5.41, 5.74) is 6.15. The molecule has 0 radical (unpaired) electrons. The zero-order chi connectivity index (χ0) is 14.2. The Labute approximate surface area is 115 Å². The summed E-state index contributed by atoms with van der Waals surface area (Å²) >= 11 is 1.11. The molecule has 1 aromatic rings. The third-order valence-corrected chi connectivity index (χ3v) is 4.39. The Balaban J connectivity index is 2.26. The summed E-state index contributed by atoms with van der Waals surface area (Å²) in [6.45, 7) is 4.18. The summed E-state index contributed by atoms with van der Waals surface area (Å²) in [4.78, 5) is 29.6. The summed E-state index contributed by atoms with van der Waals surface area (Å²) < 4.78 is 0. The van der Waals surface area contributed by atoms with Crippen LogP contribution < -0.4 is 5.73 Å². The first-order chi connectivity index (χ1) is 8.90. The van der Waals surface area contributed by atoms with E-state index in [4.69, 9.17) is 5.73 Å². The molecule has 6 nitrogen and oxygen atoms in total. The number of likely N-dealkylation sites (tertiary alicyclic amines) is 1. The quantitative estimate of drug-likeness (QED) is 0.854. The topological polar surface area (TPSA) is 96.5 Å². The number of nitrogens with two attached hydrogens (primary N) is 1. The van der Waals surface area contributed by atoms with Crippen LogP contribution in [0.4, 0.5) is 5.13 Å². The lowest BCUT2D eigenvalue weighted by Gasteiger charge is -2.35. The molecule has 1 aromatic heterocycles. The first-order valence-corrected chi connectivity index (χ1v) is 6.98. The molecule has 104 valence electrons. The molecule has 2 heterocycles. The minimum absolute atomic E-state index is 0.272. The number of amides is 1. The van der Waals surface area contributed by atoms with E-state index in [0.29, 0.717) is 34.6 Å². The SMILES string of the molecule is Cc1nc(N)sc1C(=O)N1CCC(C)CC1C(=O)O. The van der Waals surface area contributed by atoms with Crippen LogP contribution in [0.5, 0.6) is 0 Å². The minimum atomic E-state index is -0.949. The number of hydrogen-bond donors (Lipinski definition) is 2. The standard InChI is InChI=1S/C12H17N3O3S/c1-6-3-4-15(8(5-6)11(17)18)10(16)9-7(2)14-12(13)19-9/h6,8H,3-5H2,1-2H3,(H2,13,14)(H,17,18). The fourth-order valence-corrected chi connectivity index (χ4v) is 3.15. The largest absolute Gasteiger partial charge is 0.480 e. The van der Waals surface area contributed by atoms with Gasteiger partial charge in [0.05, 0.1) is 5.69 Å². The van der Waals surface area contributed by atoms with Crippen molar-refractivity contribution < 1.29 is 14.7 Å². The van der Waals surface area contributed by atoms with Gasteiger partial charge in [-0.2, -0.15) is 0 Å². The van der Waals surface area contributed by atoms with Gasteiger partial charge >= 0.3 is 5.97 Å². The average molecular weight is 283 g/mol. The second kappa shape index (κ2) is 5.16. The summed E-state index contributed by atoms with van der Waals surface area (Å²) in [7, 11) is 0. The van der Waals surface area contributed by atoms with Crippen molar-refractivity contribution >= 4 is 28.3 Å². The highest BCUT2D eigenvalue weighted by Crippen LogP contribution is 2.28. The highest BCUT2D eigenvalue weighted by atomic mass is 32.1. The molecule has 1 fully saturated rings. The number of anilines is 1. The number of thiazole rings is 1. The van der Waals surface area contributed by atoms with E-state index in [0.717, 1.165) is 17.8 Å². The number of aliphatic carboxylic acids is 1. The first kappa shape index (κ1) is 13.8. The van der Waals surface area contributed by atoms with Gasteiger partial charge in [0.2, 0.25) is 0 Å². The predicted molar refractivity (Wildman–Crippen MR) is 72.1 cm³/mol. The van der Waals surface area contributed by atoms with Crippen LogP contribution in [-0.4, -0.2) is 39.5 Å². The van der Waals surface area contributed by atoms with E-state index < -0.39 is 12.0 Å². The number of carbonyl (C=O) groups excluding carboxylic acids is 1. The molecule has 2 unspecified atom stereocenters. The molecule has 1 aliphatic rings. The lowest BCUT2D eigenvalue weighted by atomic mass is 9.92. The van der Waals surface area contributed by atoms with E-state index in [1.165, 1.54) is 4.90 Å². The summed E-state index contributed by atoms with van der Waals surface area (Å²) in [6.07, 6.45) is 1.32. The molecule has 1 saturated heterocycles. The lowest BCUT2D eigenvalue weighted by molar-refractivity contribution is -0.144. The van der Waals surface area contributed by atoms with Crippen molar-refractivity contribution in [3.8, 4) is 0 Å². The minimum Gasteiger partial charge on any atom is -0.480 e. The third kappa shape index (κ3) is 2.70. The van der Waals surface area contributed by atoms with Crippen molar-refractivity contribution in [1.29, 1.82) is 0 Å². The van der Waals surface area contributed by atoms with Crippen molar-refractivity contribution in [1.82, 2.24) is 9.88 Å². The van der Waals surface area contributed by atoms with Crippen LogP contribution in [0.2, 0.25) is 0 Å². The van der Waals surface area contributed by atoms with Crippen LogP contribution in [-0.2, 0) is 4.79 Å². The number of rotatable bonds is 2. The number of hydrogen-bond acceptors (Lipinski definition) is 5. The molecule has 0 bridgehead atoms. The number of nitrogens with zero attached hydrogens (tertiary/aromatic N) is 2. The number of nitrogen functional groups attached to an aromatic ring is 1. The molecule has 0 saturated carbocycles. The fourth-order valence-electron chi connectivity index (χ4n) is 2.36. The molecular formula is C12H17N3O3S. The van der Waals surface area contributed by atoms with Gasteiger partial charge in [-0.25, -0.2) is 9.78 Å². The van der Waals surface area contributed by atoms with Gasteiger partial charge in [0.15, 0.2) is 5.13 Å². The van der Waals surface area contributed by atoms with E-state index in [9.17, 15) is 14.7 Å². The summed E-state index contributed by atoms with van der Waals surface area (Å²) in [6, 6.07) is -0.751. The molecule has 1 amide bonds. The number of piperidine rings is 1. The highest BCUT2D eigenvalue weighted by Gasteiger charge is 2.36. The number of aromatic nitrogens is 1. The maximum absolute atomic E-state index is 12.4. The Bertz CT molecular complexity index is 514. The number of aryl methyl sites for hydroxylation is 1. The van der Waals surface area contributed by atoms with Crippen LogP contribution in [0.25, 0.3) is 0 Å². The van der Waals surface area contributed by atoms with Crippen molar-refractivity contribution in [2.75, 3.05) is 12.3 Å². The number of carbonyl (C=O) groups is 2. The Morgan fingerprint density at radius 1 is 1.53 bits per heavy atom. The van der Waals surface area contributed by atoms with E-state index >= 15 is 0 Å². The maximum atomic E-state index is 12.4. The van der Waals surface area contributed by atoms with Crippen LogP contribution in [0.15, 0.2) is 0 Å². The normalized spacial score (nSPS) is 23.4. The van der Waals surface area contributed by atoms with Gasteiger partial charge in [-0.15, -0.1) is 0 Å². The second-order valence-corrected chi connectivity index (χ2v) is 5.98. The van der Waals surface area contributed by atoms with E-state index in [-0.39, 0.29) is 5.91 Å². The van der Waals surface area contributed by atoms with Crippen LogP contribution in [0.1, 0.15) is 35.1 Å². The Morgan fingerprint density at radius 2 is 2.21 bits per heavy atom. The average Bonchev–Trinajstić information content (AvgIpc) is 2.67. The monoisotopic (exact) mass is 283 g/mol. The molecular weight excluding hydrogens is 266 g/mol. The molecule has 0 aromatic carbocycles. The van der Waals surface area contributed by atoms with E-state index in [2.05, 4.69) is 4.98 Å². The fraction of sp³-hybridized carbons (Fsp3) is 0.583. The van der Waals surface area contributed by atoms with E-state index in [1.54, 1.807) is 6.92 Å². The number of carboxylic acids is 1. The zero-order valence-corrected chi connectivity index (χ0v) is 11.7. The van der Waals surface area contributed by atoms with Crippen LogP contribution >= 0.6 is 11.3 Å². The van der Waals surface area contributed by atoms with Crippen molar-refractivity contribution in [2.45, 2.75) is 32.7 Å². The van der Waals surface area contributed by atoms with Crippen molar-refractivity contribution in [2.24, 2.45) is 5.92 Å². The van der Waals surface area contributed by atoms with Gasteiger partial charge in [0.25, 0.3) is 5.91 Å². The molecule has 19 heavy (non-hydrogen) atoms. The Hall–Kier alpha value is -1.63. The second-order valence-electron chi connectivity index (χ2n) is 4.95. The molecule has 1 aliphatic heterocycles. The molecule has 2 atom stereocenters. The van der Waals surface area contributed by atoms with Gasteiger partial charge in [0, 0.05) is 6.54 Å². The van der Waals surface area contributed by atoms with Crippen molar-refractivity contribution in [3.05, 3.63) is 10.6 Å². The smallest absolute Gasteiger partial charge is 0.326 e. The molecule has 3 N–H and O–H groups in total. The van der Waals surface area contributed by atoms with E-state index in [1.807, 2.05) is 6.92 Å². The highest BCUT2D eigenvalue weighted by molar-refractivity contribution is 7.17. The van der Waals surface area contributed by atoms with Gasteiger partial charge < -0.3 is 15.7 Å². The van der Waals surface area contributed by atoms with Gasteiger partial charge in [-0.1, -0.05) is 18.3 Å². The molecule has 0 spiro atoms. The maximum Gasteiger partial charge on any atom is 0.326 e.